The number of esters is 1. The van der Waals surface area contributed by atoms with Crippen molar-refractivity contribution in [3.63, 3.8) is 0 Å². The van der Waals surface area contributed by atoms with E-state index in [4.69, 9.17) is 0 Å². The Kier molecular flexibility index (Phi) is 5.42. The van der Waals surface area contributed by atoms with Crippen molar-refractivity contribution in [3.05, 3.63) is 5.82 Å². The topological polar surface area (TPSA) is 69.9 Å². The average Bonchev–Trinajstić information content (AvgIpc) is 2.55. The predicted octanol–water partition coefficient (Wildman–Crippen LogP) is 0.181. The van der Waals surface area contributed by atoms with E-state index in [1.807, 2.05) is 13.8 Å². The smallest absolute Gasteiger partial charge is 0.327 e. The van der Waals surface area contributed by atoms with E-state index in [-0.39, 0.29) is 12.5 Å². The number of methoxy groups -OCH3 is 1. The zero-order chi connectivity index (χ0) is 10.3. The Balaban J connectivity index is 0.000000671. The molecule has 6 heteroatoms. The molecule has 0 fully saturated rings. The highest BCUT2D eigenvalue weighted by Crippen LogP contribution is 1.88. The van der Waals surface area contributed by atoms with E-state index in [0.29, 0.717) is 5.82 Å². The van der Waals surface area contributed by atoms with Crippen LogP contribution in [0.15, 0.2) is 0 Å². The Bertz CT molecular complexity index is 259. The molecule has 74 valence electrons. The standard InChI is InChI=1S/C5H8N4O2.C2H6/c1-4-6-7-8-9(4)3-5(10)11-2;1-2/h3H2,1-2H3;1-2H3. The van der Waals surface area contributed by atoms with Gasteiger partial charge in [-0.05, 0) is 17.4 Å². The zero-order valence-corrected chi connectivity index (χ0v) is 8.31. The number of hydrogen-bond acceptors (Lipinski definition) is 5. The van der Waals surface area contributed by atoms with Crippen molar-refractivity contribution in [1.29, 1.82) is 0 Å². The van der Waals surface area contributed by atoms with Crippen molar-refractivity contribution in [3.8, 4) is 0 Å². The molecule has 1 aromatic heterocycles. The Labute approximate surface area is 76.9 Å². The molecule has 1 rings (SSSR count). The van der Waals surface area contributed by atoms with E-state index < -0.39 is 0 Å². The van der Waals surface area contributed by atoms with Crippen LogP contribution in [0.25, 0.3) is 0 Å². The van der Waals surface area contributed by atoms with Crippen LogP contribution in [-0.4, -0.2) is 33.3 Å². The van der Waals surface area contributed by atoms with Gasteiger partial charge in [0, 0.05) is 0 Å². The molecule has 1 heterocycles. The Morgan fingerprint density at radius 3 is 2.54 bits per heavy atom. The van der Waals surface area contributed by atoms with Crippen LogP contribution in [0.1, 0.15) is 19.7 Å². The van der Waals surface area contributed by atoms with Gasteiger partial charge in [0.1, 0.15) is 12.4 Å². The van der Waals surface area contributed by atoms with Gasteiger partial charge in [-0.15, -0.1) is 5.10 Å². The van der Waals surface area contributed by atoms with Crippen molar-refractivity contribution in [2.24, 2.45) is 0 Å². The number of aryl methyl sites for hydroxylation is 1. The van der Waals surface area contributed by atoms with Gasteiger partial charge in [0.2, 0.25) is 0 Å². The summed E-state index contributed by atoms with van der Waals surface area (Å²) in [6, 6.07) is 0. The summed E-state index contributed by atoms with van der Waals surface area (Å²) < 4.78 is 5.79. The van der Waals surface area contributed by atoms with Crippen LogP contribution in [0.5, 0.6) is 0 Å². The highest BCUT2D eigenvalue weighted by atomic mass is 16.5. The third kappa shape index (κ3) is 3.64. The fourth-order valence-electron chi connectivity index (χ4n) is 0.582. The number of nitrogens with zero attached hydrogens (tertiary/aromatic N) is 4. The van der Waals surface area contributed by atoms with Gasteiger partial charge in [-0.3, -0.25) is 4.79 Å². The van der Waals surface area contributed by atoms with Crippen LogP contribution in [0, 0.1) is 6.92 Å². The number of hydrogen-bond donors (Lipinski definition) is 0. The van der Waals surface area contributed by atoms with Gasteiger partial charge in [0.15, 0.2) is 0 Å². The highest BCUT2D eigenvalue weighted by molar-refractivity contribution is 5.68. The lowest BCUT2D eigenvalue weighted by molar-refractivity contribution is -0.141. The minimum absolute atomic E-state index is 0.0648. The van der Waals surface area contributed by atoms with Gasteiger partial charge in [-0.2, -0.15) is 0 Å². The SMILES string of the molecule is CC.COC(=O)Cn1nnnc1C. The van der Waals surface area contributed by atoms with Crippen molar-refractivity contribution < 1.29 is 9.53 Å². The number of rotatable bonds is 2. The van der Waals surface area contributed by atoms with E-state index in [1.54, 1.807) is 6.92 Å². The van der Waals surface area contributed by atoms with Gasteiger partial charge in [0.05, 0.1) is 7.11 Å². The number of tetrazole rings is 1. The summed E-state index contributed by atoms with van der Waals surface area (Å²) >= 11 is 0. The van der Waals surface area contributed by atoms with Crippen LogP contribution in [-0.2, 0) is 16.1 Å². The maximum absolute atomic E-state index is 10.7. The Morgan fingerprint density at radius 2 is 2.15 bits per heavy atom. The number of carbonyl (C=O) groups excluding carboxylic acids is 1. The normalized spacial score (nSPS) is 8.62. The third-order valence-corrected chi connectivity index (χ3v) is 1.22. The minimum atomic E-state index is -0.361. The van der Waals surface area contributed by atoms with Crippen molar-refractivity contribution in [2.75, 3.05) is 7.11 Å². The van der Waals surface area contributed by atoms with Gasteiger partial charge in [-0.25, -0.2) is 4.68 Å². The summed E-state index contributed by atoms with van der Waals surface area (Å²) in [6.45, 7) is 5.78. The van der Waals surface area contributed by atoms with Crippen molar-refractivity contribution >= 4 is 5.97 Å². The number of aromatic nitrogens is 4. The third-order valence-electron chi connectivity index (χ3n) is 1.22. The average molecular weight is 186 g/mol. The summed E-state index contributed by atoms with van der Waals surface area (Å²) in [4.78, 5) is 10.7. The highest BCUT2D eigenvalue weighted by Gasteiger charge is 2.05. The van der Waals surface area contributed by atoms with E-state index in [2.05, 4.69) is 20.3 Å². The first kappa shape index (κ1) is 11.5. The minimum Gasteiger partial charge on any atom is -0.468 e. The molecule has 0 aliphatic heterocycles. The molecule has 6 nitrogen and oxygen atoms in total. The zero-order valence-electron chi connectivity index (χ0n) is 8.31. The summed E-state index contributed by atoms with van der Waals surface area (Å²) in [6.07, 6.45) is 0. The van der Waals surface area contributed by atoms with Crippen LogP contribution in [0.2, 0.25) is 0 Å². The second-order valence-corrected chi connectivity index (χ2v) is 1.96. The molecule has 0 aromatic carbocycles. The summed E-state index contributed by atoms with van der Waals surface area (Å²) in [5.74, 6) is 0.232. The van der Waals surface area contributed by atoms with Gasteiger partial charge in [-0.1, -0.05) is 13.8 Å². The number of ether oxygens (including phenoxy) is 1. The van der Waals surface area contributed by atoms with Crippen LogP contribution in [0.3, 0.4) is 0 Å². The molecule has 0 N–H and O–H groups in total. The van der Waals surface area contributed by atoms with Crippen LogP contribution < -0.4 is 0 Å². The molecule has 1 aromatic rings. The second kappa shape index (κ2) is 6.10. The molecule has 0 aliphatic rings. The summed E-state index contributed by atoms with van der Waals surface area (Å²) in [5.41, 5.74) is 0. The largest absolute Gasteiger partial charge is 0.468 e. The maximum Gasteiger partial charge on any atom is 0.327 e. The molecule has 0 saturated carbocycles. The lowest BCUT2D eigenvalue weighted by atomic mass is 10.6. The van der Waals surface area contributed by atoms with Crippen molar-refractivity contribution in [1.82, 2.24) is 20.2 Å². The molecule has 0 bridgehead atoms. The second-order valence-electron chi connectivity index (χ2n) is 1.96. The monoisotopic (exact) mass is 186 g/mol. The Hall–Kier alpha value is -1.46. The fourth-order valence-corrected chi connectivity index (χ4v) is 0.582. The van der Waals surface area contributed by atoms with Gasteiger partial charge in [0.25, 0.3) is 0 Å². The summed E-state index contributed by atoms with van der Waals surface area (Å²) in [5, 5.41) is 10.5. The van der Waals surface area contributed by atoms with Crippen LogP contribution in [0.4, 0.5) is 0 Å². The first-order valence-electron chi connectivity index (χ1n) is 4.03. The molecule has 0 amide bonds. The van der Waals surface area contributed by atoms with E-state index in [9.17, 15) is 4.79 Å². The molecular weight excluding hydrogens is 172 g/mol. The lowest BCUT2D eigenvalue weighted by Gasteiger charge is -1.97. The van der Waals surface area contributed by atoms with Gasteiger partial charge >= 0.3 is 5.97 Å². The molecule has 0 saturated heterocycles. The first-order chi connectivity index (χ1) is 6.24. The number of carbonyl (C=O) groups is 1. The molecular formula is C7H14N4O2. The van der Waals surface area contributed by atoms with E-state index in [1.165, 1.54) is 11.8 Å². The molecule has 0 unspecified atom stereocenters. The first-order valence-corrected chi connectivity index (χ1v) is 4.03. The molecule has 0 radical (unpaired) electrons. The fraction of sp³-hybridized carbons (Fsp3) is 0.714. The summed E-state index contributed by atoms with van der Waals surface area (Å²) in [7, 11) is 1.32. The van der Waals surface area contributed by atoms with Crippen molar-refractivity contribution in [2.45, 2.75) is 27.3 Å². The molecule has 0 aliphatic carbocycles. The quantitative estimate of drug-likeness (QED) is 0.616. The van der Waals surface area contributed by atoms with E-state index >= 15 is 0 Å². The lowest BCUT2D eigenvalue weighted by Crippen LogP contribution is -2.13. The van der Waals surface area contributed by atoms with Gasteiger partial charge < -0.3 is 4.74 Å². The molecule has 0 atom stereocenters. The predicted molar refractivity (Wildman–Crippen MR) is 45.9 cm³/mol. The Morgan fingerprint density at radius 1 is 1.54 bits per heavy atom. The van der Waals surface area contributed by atoms with Crippen LogP contribution >= 0.6 is 0 Å². The molecule has 0 spiro atoms. The van der Waals surface area contributed by atoms with E-state index in [0.717, 1.165) is 0 Å². The maximum atomic E-state index is 10.7. The molecule has 13 heavy (non-hydrogen) atoms.